The number of hydrogen-bond acceptors (Lipinski definition) is 6. The van der Waals surface area contributed by atoms with Crippen LogP contribution in [0.1, 0.15) is 26.2 Å². The minimum absolute atomic E-state index is 0.336. The molecule has 0 unspecified atom stereocenters. The van der Waals surface area contributed by atoms with Crippen molar-refractivity contribution in [1.29, 1.82) is 0 Å². The van der Waals surface area contributed by atoms with E-state index in [4.69, 9.17) is 0 Å². The van der Waals surface area contributed by atoms with Crippen molar-refractivity contribution in [2.45, 2.75) is 26.2 Å². The molecule has 1 N–H and O–H groups in total. The molecule has 2 aliphatic heterocycles. The van der Waals surface area contributed by atoms with Crippen LogP contribution >= 0.6 is 0 Å². The van der Waals surface area contributed by atoms with Crippen LogP contribution in [0.4, 0.5) is 11.8 Å². The van der Waals surface area contributed by atoms with Gasteiger partial charge in [-0.05, 0) is 38.8 Å². The number of anilines is 2. The van der Waals surface area contributed by atoms with Crippen LogP contribution in [0.3, 0.4) is 0 Å². The molecule has 0 spiro atoms. The van der Waals surface area contributed by atoms with Gasteiger partial charge in [0.2, 0.25) is 11.9 Å². The molecule has 7 nitrogen and oxygen atoms in total. The third-order valence-electron chi connectivity index (χ3n) is 5.23. The van der Waals surface area contributed by atoms with Crippen LogP contribution in [0.25, 0.3) is 0 Å². The smallest absolute Gasteiger partial charge is 0.224 e. The molecule has 7 heteroatoms. The lowest BCUT2D eigenvalue weighted by Crippen LogP contribution is -2.47. The summed E-state index contributed by atoms with van der Waals surface area (Å²) in [4.78, 5) is 27.9. The maximum atomic E-state index is 12.5. The molecule has 0 aromatic carbocycles. The summed E-state index contributed by atoms with van der Waals surface area (Å²) in [5.74, 6) is 2.50. The van der Waals surface area contributed by atoms with Gasteiger partial charge < -0.3 is 20.0 Å². The molecule has 0 radical (unpaired) electrons. The van der Waals surface area contributed by atoms with Crippen LogP contribution in [-0.4, -0.2) is 78.5 Å². The summed E-state index contributed by atoms with van der Waals surface area (Å²) >= 11 is 0. The average Bonchev–Trinajstić information content (AvgIpc) is 2.63. The number of rotatable bonds is 5. The van der Waals surface area contributed by atoms with E-state index < -0.39 is 0 Å². The Labute approximate surface area is 150 Å². The number of hydrogen-bond donors (Lipinski definition) is 1. The van der Waals surface area contributed by atoms with Crippen molar-refractivity contribution in [3.63, 3.8) is 0 Å². The summed E-state index contributed by atoms with van der Waals surface area (Å²) in [6.45, 7) is 8.52. The second kappa shape index (κ2) is 8.47. The highest BCUT2D eigenvalue weighted by molar-refractivity contribution is 5.76. The molecule has 0 aliphatic carbocycles. The Bertz CT molecular complexity index is 564. The highest BCUT2D eigenvalue weighted by atomic mass is 16.2. The lowest BCUT2D eigenvalue weighted by molar-refractivity contribution is -0.133. The maximum absolute atomic E-state index is 12.5. The Hall–Kier alpha value is -1.89. The first-order valence-corrected chi connectivity index (χ1v) is 9.44. The molecule has 0 saturated carbocycles. The largest absolute Gasteiger partial charge is 0.356 e. The molecule has 1 amide bonds. The number of carbonyl (C=O) groups is 1. The van der Waals surface area contributed by atoms with Crippen molar-refractivity contribution in [3.05, 3.63) is 12.3 Å². The summed E-state index contributed by atoms with van der Waals surface area (Å²) in [5, 5.41) is 3.16. The Morgan fingerprint density at radius 1 is 1.20 bits per heavy atom. The SMILES string of the molecule is CCNc1nccc(N2CCC(CC(=O)N3CCN(C)CC3)CC2)n1. The van der Waals surface area contributed by atoms with Gasteiger partial charge in [0.15, 0.2) is 0 Å². The number of nitrogens with zero attached hydrogens (tertiary/aromatic N) is 5. The van der Waals surface area contributed by atoms with Gasteiger partial charge in [-0.2, -0.15) is 4.98 Å². The van der Waals surface area contributed by atoms with Gasteiger partial charge in [-0.3, -0.25) is 4.79 Å². The Kier molecular flexibility index (Phi) is 6.07. The monoisotopic (exact) mass is 346 g/mol. The van der Waals surface area contributed by atoms with Crippen LogP contribution in [0.15, 0.2) is 12.3 Å². The van der Waals surface area contributed by atoms with Crippen molar-refractivity contribution in [2.75, 3.05) is 63.1 Å². The second-order valence-electron chi connectivity index (χ2n) is 7.09. The molecule has 2 fully saturated rings. The summed E-state index contributed by atoms with van der Waals surface area (Å²) in [6, 6.07) is 1.97. The van der Waals surface area contributed by atoms with Crippen molar-refractivity contribution in [1.82, 2.24) is 19.8 Å². The van der Waals surface area contributed by atoms with Gasteiger partial charge >= 0.3 is 0 Å². The molecule has 1 aromatic heterocycles. The predicted molar refractivity (Wildman–Crippen MR) is 99.8 cm³/mol. The highest BCUT2D eigenvalue weighted by Crippen LogP contribution is 2.25. The Balaban J connectivity index is 1.47. The van der Waals surface area contributed by atoms with E-state index >= 15 is 0 Å². The zero-order valence-corrected chi connectivity index (χ0v) is 15.4. The van der Waals surface area contributed by atoms with Crippen molar-refractivity contribution >= 4 is 17.7 Å². The molecule has 138 valence electrons. The number of piperidine rings is 1. The number of piperazine rings is 1. The fraction of sp³-hybridized carbons (Fsp3) is 0.722. The summed E-state index contributed by atoms with van der Waals surface area (Å²) in [5.41, 5.74) is 0. The maximum Gasteiger partial charge on any atom is 0.224 e. The number of nitrogens with one attached hydrogen (secondary N) is 1. The molecule has 3 rings (SSSR count). The number of amides is 1. The summed E-state index contributed by atoms with van der Waals surface area (Å²) in [7, 11) is 2.12. The van der Waals surface area contributed by atoms with Crippen molar-refractivity contribution < 1.29 is 4.79 Å². The van der Waals surface area contributed by atoms with E-state index in [1.165, 1.54) is 0 Å². The molecule has 0 atom stereocenters. The average molecular weight is 346 g/mol. The molecule has 2 saturated heterocycles. The van der Waals surface area contributed by atoms with Gasteiger partial charge in [-0.1, -0.05) is 0 Å². The van der Waals surface area contributed by atoms with Gasteiger partial charge in [0, 0.05) is 58.4 Å². The Morgan fingerprint density at radius 2 is 1.92 bits per heavy atom. The number of aromatic nitrogens is 2. The van der Waals surface area contributed by atoms with Gasteiger partial charge in [0.05, 0.1) is 0 Å². The van der Waals surface area contributed by atoms with Gasteiger partial charge in [0.25, 0.3) is 0 Å². The lowest BCUT2D eigenvalue weighted by atomic mass is 9.93. The first kappa shape index (κ1) is 17.9. The van der Waals surface area contributed by atoms with E-state index in [-0.39, 0.29) is 0 Å². The third-order valence-corrected chi connectivity index (χ3v) is 5.23. The van der Waals surface area contributed by atoms with Gasteiger partial charge in [-0.25, -0.2) is 4.98 Å². The number of likely N-dealkylation sites (N-methyl/N-ethyl adjacent to an activating group) is 1. The zero-order chi connectivity index (χ0) is 17.6. The predicted octanol–water partition coefficient (Wildman–Crippen LogP) is 1.29. The van der Waals surface area contributed by atoms with Crippen molar-refractivity contribution in [2.24, 2.45) is 5.92 Å². The molecule has 2 aliphatic rings. The standard InChI is InChI=1S/C18H30N6O/c1-3-19-18-20-7-4-16(21-18)23-8-5-15(6-9-23)14-17(25)24-12-10-22(2)11-13-24/h4,7,15H,3,5-6,8-14H2,1-2H3,(H,19,20,21). The first-order chi connectivity index (χ1) is 12.2. The minimum Gasteiger partial charge on any atom is -0.356 e. The molecular weight excluding hydrogens is 316 g/mol. The normalized spacial score (nSPS) is 19.9. The number of carbonyl (C=O) groups excluding carboxylic acids is 1. The van der Waals surface area contributed by atoms with E-state index in [1.54, 1.807) is 0 Å². The topological polar surface area (TPSA) is 64.6 Å². The quantitative estimate of drug-likeness (QED) is 0.867. The van der Waals surface area contributed by atoms with Crippen LogP contribution < -0.4 is 10.2 Å². The van der Waals surface area contributed by atoms with E-state index in [2.05, 4.69) is 32.1 Å². The zero-order valence-electron chi connectivity index (χ0n) is 15.4. The molecule has 1 aromatic rings. The first-order valence-electron chi connectivity index (χ1n) is 9.44. The van der Waals surface area contributed by atoms with Crippen molar-refractivity contribution in [3.8, 4) is 0 Å². The highest BCUT2D eigenvalue weighted by Gasteiger charge is 2.26. The summed E-state index contributed by atoms with van der Waals surface area (Å²) < 4.78 is 0. The van der Waals surface area contributed by atoms with E-state index in [1.807, 2.05) is 24.1 Å². The van der Waals surface area contributed by atoms with E-state index in [9.17, 15) is 4.79 Å². The van der Waals surface area contributed by atoms with Crippen LogP contribution in [0, 0.1) is 5.92 Å². The fourth-order valence-corrected chi connectivity index (χ4v) is 3.57. The molecule has 0 bridgehead atoms. The third kappa shape index (κ3) is 4.81. The van der Waals surface area contributed by atoms with E-state index in [0.717, 1.165) is 64.5 Å². The molecule has 25 heavy (non-hydrogen) atoms. The van der Waals surface area contributed by atoms with Gasteiger partial charge in [0.1, 0.15) is 5.82 Å². The lowest BCUT2D eigenvalue weighted by Gasteiger charge is -2.35. The molecular formula is C18H30N6O. The van der Waals surface area contributed by atoms with E-state index in [0.29, 0.717) is 24.2 Å². The molecule has 3 heterocycles. The van der Waals surface area contributed by atoms with Gasteiger partial charge in [-0.15, -0.1) is 0 Å². The Morgan fingerprint density at radius 3 is 2.60 bits per heavy atom. The summed E-state index contributed by atoms with van der Waals surface area (Å²) in [6.07, 6.45) is 4.62. The van der Waals surface area contributed by atoms with Crippen LogP contribution in [0.2, 0.25) is 0 Å². The fourth-order valence-electron chi connectivity index (χ4n) is 3.57. The minimum atomic E-state index is 0.336. The van der Waals surface area contributed by atoms with Crippen LogP contribution in [-0.2, 0) is 4.79 Å². The van der Waals surface area contributed by atoms with Crippen LogP contribution in [0.5, 0.6) is 0 Å². The second-order valence-corrected chi connectivity index (χ2v) is 7.09.